The summed E-state index contributed by atoms with van der Waals surface area (Å²) < 4.78 is 0. The molecule has 0 bridgehead atoms. The lowest BCUT2D eigenvalue weighted by Gasteiger charge is -2.26. The molecule has 1 aromatic rings. The lowest BCUT2D eigenvalue weighted by Crippen LogP contribution is -2.22. The minimum atomic E-state index is 1.01. The van der Waals surface area contributed by atoms with Crippen molar-refractivity contribution in [1.82, 2.24) is 4.90 Å². The Hall–Kier alpha value is -1.50. The third-order valence-electron chi connectivity index (χ3n) is 3.08. The van der Waals surface area contributed by atoms with Crippen LogP contribution >= 0.6 is 0 Å². The van der Waals surface area contributed by atoms with Gasteiger partial charge in [-0.25, -0.2) is 0 Å². The first-order valence-electron chi connectivity index (χ1n) is 5.94. The Labute approximate surface area is 98.1 Å². The highest BCUT2D eigenvalue weighted by Gasteiger charge is 2.08. The van der Waals surface area contributed by atoms with Crippen molar-refractivity contribution in [2.45, 2.75) is 26.8 Å². The van der Waals surface area contributed by atoms with Crippen molar-refractivity contribution in [1.29, 1.82) is 0 Å². The first-order chi connectivity index (χ1) is 7.79. The number of hydrogen-bond acceptors (Lipinski definition) is 1. The molecule has 0 saturated carbocycles. The molecule has 0 unspecified atom stereocenters. The monoisotopic (exact) mass is 213 g/mol. The fraction of sp³-hybridized carbons (Fsp3) is 0.333. The van der Waals surface area contributed by atoms with Crippen LogP contribution in [0, 0.1) is 0 Å². The number of benzene rings is 1. The molecule has 0 atom stereocenters. The van der Waals surface area contributed by atoms with Gasteiger partial charge in [0.15, 0.2) is 0 Å². The largest absolute Gasteiger partial charge is 0.369 e. The second-order valence-electron chi connectivity index (χ2n) is 4.37. The van der Waals surface area contributed by atoms with Crippen LogP contribution in [0.15, 0.2) is 53.8 Å². The van der Waals surface area contributed by atoms with Crippen LogP contribution in [0.5, 0.6) is 0 Å². The van der Waals surface area contributed by atoms with E-state index in [1.54, 1.807) is 0 Å². The highest BCUT2D eigenvalue weighted by Crippen LogP contribution is 2.18. The number of hydrogen-bond donors (Lipinski definition) is 0. The lowest BCUT2D eigenvalue weighted by atomic mass is 10.0. The molecule has 1 nitrogen and oxygen atoms in total. The Morgan fingerprint density at radius 3 is 2.56 bits per heavy atom. The molecular weight excluding hydrogens is 194 g/mol. The van der Waals surface area contributed by atoms with Crippen molar-refractivity contribution in [3.05, 3.63) is 59.3 Å². The van der Waals surface area contributed by atoms with Gasteiger partial charge in [0.1, 0.15) is 0 Å². The smallest absolute Gasteiger partial charge is 0.0427 e. The summed E-state index contributed by atoms with van der Waals surface area (Å²) in [6.07, 6.45) is 5.61. The van der Waals surface area contributed by atoms with E-state index < -0.39 is 0 Å². The molecule has 84 valence electrons. The van der Waals surface area contributed by atoms with Gasteiger partial charge in [-0.15, -0.1) is 0 Å². The zero-order chi connectivity index (χ0) is 11.4. The van der Waals surface area contributed by atoms with Gasteiger partial charge >= 0.3 is 0 Å². The van der Waals surface area contributed by atoms with Crippen molar-refractivity contribution in [2.24, 2.45) is 0 Å². The average Bonchev–Trinajstić information content (AvgIpc) is 2.31. The zero-order valence-corrected chi connectivity index (χ0v) is 10.1. The predicted octanol–water partition coefficient (Wildman–Crippen LogP) is 3.74. The zero-order valence-electron chi connectivity index (χ0n) is 10.1. The van der Waals surface area contributed by atoms with E-state index in [4.69, 9.17) is 0 Å². The van der Waals surface area contributed by atoms with E-state index in [1.165, 1.54) is 16.7 Å². The van der Waals surface area contributed by atoms with Crippen molar-refractivity contribution in [3.63, 3.8) is 0 Å². The van der Waals surface area contributed by atoms with Crippen LogP contribution in [-0.2, 0) is 6.54 Å². The van der Waals surface area contributed by atoms with E-state index in [0.717, 1.165) is 19.5 Å². The van der Waals surface area contributed by atoms with E-state index in [2.05, 4.69) is 61.4 Å². The second-order valence-corrected chi connectivity index (χ2v) is 4.37. The Balaban J connectivity index is 2.01. The van der Waals surface area contributed by atoms with Crippen LogP contribution < -0.4 is 0 Å². The number of nitrogens with zero attached hydrogens (tertiary/aromatic N) is 1. The van der Waals surface area contributed by atoms with Crippen LogP contribution in [0.3, 0.4) is 0 Å². The fourth-order valence-electron chi connectivity index (χ4n) is 2.14. The predicted molar refractivity (Wildman–Crippen MR) is 69.0 cm³/mol. The highest BCUT2D eigenvalue weighted by atomic mass is 15.1. The van der Waals surface area contributed by atoms with Gasteiger partial charge in [-0.3, -0.25) is 0 Å². The maximum Gasteiger partial charge on any atom is 0.0427 e. The molecule has 0 aromatic heterocycles. The summed E-state index contributed by atoms with van der Waals surface area (Å²) in [6.45, 7) is 6.52. The normalized spacial score (nSPS) is 15.8. The molecule has 0 aliphatic carbocycles. The van der Waals surface area contributed by atoms with Gasteiger partial charge < -0.3 is 4.90 Å². The summed E-state index contributed by atoms with van der Waals surface area (Å²) in [6, 6.07) is 10.6. The molecule has 0 radical (unpaired) electrons. The molecule has 0 N–H and O–H groups in total. The van der Waals surface area contributed by atoms with Crippen molar-refractivity contribution < 1.29 is 0 Å². The van der Waals surface area contributed by atoms with Crippen molar-refractivity contribution in [2.75, 3.05) is 6.54 Å². The molecule has 1 aliphatic heterocycles. The second kappa shape index (κ2) is 5.02. The van der Waals surface area contributed by atoms with Gasteiger partial charge in [0.2, 0.25) is 0 Å². The van der Waals surface area contributed by atoms with Gasteiger partial charge in [0.25, 0.3) is 0 Å². The molecule has 0 fully saturated rings. The molecule has 2 rings (SSSR count). The Kier molecular flexibility index (Phi) is 3.45. The van der Waals surface area contributed by atoms with E-state index in [-0.39, 0.29) is 0 Å². The first kappa shape index (κ1) is 11.0. The molecule has 0 spiro atoms. The van der Waals surface area contributed by atoms with Gasteiger partial charge in [0, 0.05) is 13.1 Å². The summed E-state index contributed by atoms with van der Waals surface area (Å²) in [7, 11) is 0. The van der Waals surface area contributed by atoms with E-state index in [9.17, 15) is 0 Å². The molecule has 1 heteroatoms. The third kappa shape index (κ3) is 2.54. The summed E-state index contributed by atoms with van der Waals surface area (Å²) >= 11 is 0. The fourth-order valence-corrected chi connectivity index (χ4v) is 2.14. The van der Waals surface area contributed by atoms with Gasteiger partial charge in [-0.1, -0.05) is 42.8 Å². The van der Waals surface area contributed by atoms with E-state index in [1.807, 2.05) is 0 Å². The summed E-state index contributed by atoms with van der Waals surface area (Å²) in [5.74, 6) is 0. The maximum absolute atomic E-state index is 2.36. The quantitative estimate of drug-likeness (QED) is 0.739. The van der Waals surface area contributed by atoms with E-state index >= 15 is 0 Å². The van der Waals surface area contributed by atoms with Crippen LogP contribution in [-0.4, -0.2) is 11.4 Å². The first-order valence-corrected chi connectivity index (χ1v) is 5.94. The minimum absolute atomic E-state index is 1.01. The highest BCUT2D eigenvalue weighted by molar-refractivity contribution is 5.29. The summed E-state index contributed by atoms with van der Waals surface area (Å²) in [5, 5.41) is 0. The number of rotatable bonds is 3. The molecule has 0 amide bonds. The standard InChI is InChI=1S/C15H19N/c1-3-15-9-10-16(11-13(15)2)12-14-7-5-4-6-8-14/h4-10H,3,11-12H2,1-2H3. The van der Waals surface area contributed by atoms with Gasteiger partial charge in [0.05, 0.1) is 0 Å². The van der Waals surface area contributed by atoms with Crippen molar-refractivity contribution >= 4 is 0 Å². The van der Waals surface area contributed by atoms with Gasteiger partial charge in [-0.05, 0) is 36.8 Å². The maximum atomic E-state index is 2.36. The minimum Gasteiger partial charge on any atom is -0.369 e. The summed E-state index contributed by atoms with van der Waals surface area (Å²) in [5.41, 5.74) is 4.37. The van der Waals surface area contributed by atoms with Crippen LogP contribution in [0.2, 0.25) is 0 Å². The molecular formula is C15H19N. The molecule has 1 heterocycles. The Morgan fingerprint density at radius 2 is 1.94 bits per heavy atom. The molecule has 1 aromatic carbocycles. The topological polar surface area (TPSA) is 3.24 Å². The van der Waals surface area contributed by atoms with Crippen LogP contribution in [0.1, 0.15) is 25.8 Å². The number of allylic oxidation sites excluding steroid dienone is 2. The Bertz CT molecular complexity index is 401. The molecule has 0 saturated heterocycles. The lowest BCUT2D eigenvalue weighted by molar-refractivity contribution is 0.392. The molecule has 16 heavy (non-hydrogen) atoms. The van der Waals surface area contributed by atoms with Crippen molar-refractivity contribution in [3.8, 4) is 0 Å². The van der Waals surface area contributed by atoms with Crippen LogP contribution in [0.25, 0.3) is 0 Å². The van der Waals surface area contributed by atoms with Gasteiger partial charge in [-0.2, -0.15) is 0 Å². The van der Waals surface area contributed by atoms with Crippen LogP contribution in [0.4, 0.5) is 0 Å². The SMILES string of the molecule is CCC1=C(C)CN(Cc2ccccc2)C=C1. The average molecular weight is 213 g/mol. The summed E-state index contributed by atoms with van der Waals surface area (Å²) in [4.78, 5) is 2.36. The third-order valence-corrected chi connectivity index (χ3v) is 3.08. The van der Waals surface area contributed by atoms with E-state index in [0.29, 0.717) is 0 Å². The Morgan fingerprint density at radius 1 is 1.19 bits per heavy atom. The molecule has 1 aliphatic rings.